The van der Waals surface area contributed by atoms with Gasteiger partial charge < -0.3 is 14.7 Å². The summed E-state index contributed by atoms with van der Waals surface area (Å²) in [5, 5.41) is 9.12. The summed E-state index contributed by atoms with van der Waals surface area (Å²) < 4.78 is 5.75. The third-order valence-electron chi connectivity index (χ3n) is 4.63. The Morgan fingerprint density at radius 3 is 2.56 bits per heavy atom. The minimum Gasteiger partial charge on any atom is -0.489 e. The molecule has 0 aromatic heterocycles. The summed E-state index contributed by atoms with van der Waals surface area (Å²) in [7, 11) is 0. The van der Waals surface area contributed by atoms with Crippen molar-refractivity contribution in [3.05, 3.63) is 71.8 Å². The van der Waals surface area contributed by atoms with E-state index >= 15 is 0 Å². The molecule has 1 heterocycles. The van der Waals surface area contributed by atoms with E-state index in [9.17, 15) is 9.59 Å². The van der Waals surface area contributed by atoms with Crippen LogP contribution in [-0.2, 0) is 16.2 Å². The van der Waals surface area contributed by atoms with Gasteiger partial charge in [-0.1, -0.05) is 42.5 Å². The van der Waals surface area contributed by atoms with Gasteiger partial charge in [-0.2, -0.15) is 0 Å². The molecule has 1 amide bonds. The molecule has 1 N–H and O–H groups in total. The number of carboxylic acids is 1. The summed E-state index contributed by atoms with van der Waals surface area (Å²) >= 11 is 0. The molecule has 0 radical (unpaired) electrons. The molecule has 1 aliphatic rings. The second-order valence-corrected chi connectivity index (χ2v) is 6.64. The lowest BCUT2D eigenvalue weighted by Gasteiger charge is -2.29. The summed E-state index contributed by atoms with van der Waals surface area (Å²) in [6.45, 7) is 1.40. The third kappa shape index (κ3) is 5.45. The first-order valence-electron chi connectivity index (χ1n) is 9.08. The number of hydrogen-bond donors (Lipinski definition) is 1. The van der Waals surface area contributed by atoms with Gasteiger partial charge in [-0.05, 0) is 42.2 Å². The molecular weight excluding hydrogens is 342 g/mol. The number of amides is 1. The van der Waals surface area contributed by atoms with Gasteiger partial charge in [0.1, 0.15) is 12.4 Å². The zero-order valence-electron chi connectivity index (χ0n) is 15.1. The number of nitrogens with zero attached hydrogens (tertiary/aromatic N) is 1. The zero-order valence-corrected chi connectivity index (χ0v) is 15.1. The van der Waals surface area contributed by atoms with E-state index in [4.69, 9.17) is 9.84 Å². The zero-order chi connectivity index (χ0) is 19.1. The molecule has 5 heteroatoms. The molecule has 0 aliphatic carbocycles. The molecule has 1 saturated heterocycles. The Labute approximate surface area is 158 Å². The van der Waals surface area contributed by atoms with Gasteiger partial charge in [0, 0.05) is 19.2 Å². The van der Waals surface area contributed by atoms with Crippen molar-refractivity contribution in [1.29, 1.82) is 0 Å². The van der Waals surface area contributed by atoms with E-state index in [1.54, 1.807) is 11.0 Å². The van der Waals surface area contributed by atoms with Gasteiger partial charge >= 0.3 is 5.97 Å². The number of hydrogen-bond acceptors (Lipinski definition) is 3. The molecule has 0 bridgehead atoms. The highest BCUT2D eigenvalue weighted by Crippen LogP contribution is 2.18. The van der Waals surface area contributed by atoms with Crippen molar-refractivity contribution in [2.24, 2.45) is 5.92 Å². The number of ether oxygens (including phenoxy) is 1. The number of likely N-dealkylation sites (tertiary alicyclic amines) is 1. The van der Waals surface area contributed by atoms with E-state index in [2.05, 4.69) is 0 Å². The van der Waals surface area contributed by atoms with Gasteiger partial charge in [0.25, 0.3) is 0 Å². The first-order valence-corrected chi connectivity index (χ1v) is 9.08. The molecule has 140 valence electrons. The van der Waals surface area contributed by atoms with E-state index in [-0.39, 0.29) is 12.5 Å². The van der Waals surface area contributed by atoms with E-state index < -0.39 is 11.9 Å². The highest BCUT2D eigenvalue weighted by atomic mass is 16.5. The molecule has 0 saturated carbocycles. The Morgan fingerprint density at radius 1 is 1.11 bits per heavy atom. The maximum absolute atomic E-state index is 12.3. The number of carbonyl (C=O) groups excluding carboxylic acids is 1. The SMILES string of the molecule is O=C(O)C1CCCN(C(=O)/C=C/c2ccc(OCc3ccccc3)cc2)C1. The van der Waals surface area contributed by atoms with Crippen LogP contribution in [0.25, 0.3) is 6.08 Å². The van der Waals surface area contributed by atoms with Crippen molar-refractivity contribution in [1.82, 2.24) is 4.90 Å². The van der Waals surface area contributed by atoms with E-state index in [1.807, 2.05) is 54.6 Å². The standard InChI is InChI=1S/C22H23NO4/c24-21(23-14-4-7-19(15-23)22(25)26)13-10-17-8-11-20(12-9-17)27-16-18-5-2-1-3-6-18/h1-3,5-6,8-13,19H,4,7,14-16H2,(H,25,26)/b13-10+. The second kappa shape index (κ2) is 9.03. The predicted molar refractivity (Wildman–Crippen MR) is 103 cm³/mol. The van der Waals surface area contributed by atoms with Crippen LogP contribution >= 0.6 is 0 Å². The highest BCUT2D eigenvalue weighted by Gasteiger charge is 2.27. The van der Waals surface area contributed by atoms with Gasteiger partial charge in [-0.15, -0.1) is 0 Å². The molecule has 2 aromatic carbocycles. The third-order valence-corrected chi connectivity index (χ3v) is 4.63. The monoisotopic (exact) mass is 365 g/mol. The van der Waals surface area contributed by atoms with Crippen LogP contribution in [0.15, 0.2) is 60.7 Å². The van der Waals surface area contributed by atoms with Gasteiger partial charge in [0.15, 0.2) is 0 Å². The van der Waals surface area contributed by atoms with Crippen LogP contribution in [0.1, 0.15) is 24.0 Å². The van der Waals surface area contributed by atoms with Crippen LogP contribution < -0.4 is 4.74 Å². The molecule has 1 unspecified atom stereocenters. The van der Waals surface area contributed by atoms with Crippen LogP contribution in [0, 0.1) is 5.92 Å². The quantitative estimate of drug-likeness (QED) is 0.794. The summed E-state index contributed by atoms with van der Waals surface area (Å²) in [5.74, 6) is -0.673. The predicted octanol–water partition coefficient (Wildman–Crippen LogP) is 3.60. The van der Waals surface area contributed by atoms with Crippen LogP contribution in [0.4, 0.5) is 0 Å². The average Bonchev–Trinajstić information content (AvgIpc) is 2.72. The van der Waals surface area contributed by atoms with Crippen LogP contribution in [0.5, 0.6) is 5.75 Å². The maximum atomic E-state index is 12.3. The molecule has 3 rings (SSSR count). The number of piperidine rings is 1. The molecule has 1 fully saturated rings. The lowest BCUT2D eigenvalue weighted by molar-refractivity contribution is -0.144. The lowest BCUT2D eigenvalue weighted by atomic mass is 9.98. The Kier molecular flexibility index (Phi) is 6.26. The number of aliphatic carboxylic acids is 1. The number of benzene rings is 2. The number of carboxylic acid groups (broad SMARTS) is 1. The van der Waals surface area contributed by atoms with E-state index in [0.717, 1.165) is 23.3 Å². The Bertz CT molecular complexity index is 799. The molecule has 1 aliphatic heterocycles. The minimum absolute atomic E-state index is 0.148. The maximum Gasteiger partial charge on any atom is 0.308 e. The van der Waals surface area contributed by atoms with Crippen molar-refractivity contribution in [3.63, 3.8) is 0 Å². The summed E-state index contributed by atoms with van der Waals surface area (Å²) in [5.41, 5.74) is 2.00. The van der Waals surface area contributed by atoms with E-state index in [1.165, 1.54) is 6.08 Å². The van der Waals surface area contributed by atoms with Crippen molar-refractivity contribution < 1.29 is 19.4 Å². The van der Waals surface area contributed by atoms with Crippen molar-refractivity contribution in [2.45, 2.75) is 19.4 Å². The van der Waals surface area contributed by atoms with Crippen LogP contribution in [0.2, 0.25) is 0 Å². The molecule has 1 atom stereocenters. The first-order chi connectivity index (χ1) is 13.1. The van der Waals surface area contributed by atoms with Crippen molar-refractivity contribution >= 4 is 18.0 Å². The number of rotatable bonds is 6. The average molecular weight is 365 g/mol. The van der Waals surface area contributed by atoms with Crippen LogP contribution in [0.3, 0.4) is 0 Å². The second-order valence-electron chi connectivity index (χ2n) is 6.64. The summed E-state index contributed by atoms with van der Waals surface area (Å²) in [4.78, 5) is 25.0. The van der Waals surface area contributed by atoms with Crippen molar-refractivity contribution in [2.75, 3.05) is 13.1 Å². The lowest BCUT2D eigenvalue weighted by Crippen LogP contribution is -2.41. The number of carbonyl (C=O) groups is 2. The molecule has 2 aromatic rings. The molecule has 5 nitrogen and oxygen atoms in total. The van der Waals surface area contributed by atoms with Crippen LogP contribution in [-0.4, -0.2) is 35.0 Å². The van der Waals surface area contributed by atoms with Gasteiger partial charge in [0.05, 0.1) is 5.92 Å². The molecule has 0 spiro atoms. The minimum atomic E-state index is -0.831. The Morgan fingerprint density at radius 2 is 1.85 bits per heavy atom. The largest absolute Gasteiger partial charge is 0.489 e. The molecular formula is C22H23NO4. The fourth-order valence-electron chi connectivity index (χ4n) is 3.07. The first kappa shape index (κ1) is 18.7. The van der Waals surface area contributed by atoms with Gasteiger partial charge in [0.2, 0.25) is 5.91 Å². The summed E-state index contributed by atoms with van der Waals surface area (Å²) in [6, 6.07) is 17.5. The summed E-state index contributed by atoms with van der Waals surface area (Å²) in [6.07, 6.45) is 4.61. The Hall–Kier alpha value is -3.08. The normalized spacial score (nSPS) is 17.0. The van der Waals surface area contributed by atoms with Crippen molar-refractivity contribution in [3.8, 4) is 5.75 Å². The Balaban J connectivity index is 1.52. The topological polar surface area (TPSA) is 66.8 Å². The fourth-order valence-corrected chi connectivity index (χ4v) is 3.07. The molecule has 27 heavy (non-hydrogen) atoms. The van der Waals surface area contributed by atoms with E-state index in [0.29, 0.717) is 19.6 Å². The van der Waals surface area contributed by atoms with Gasteiger partial charge in [-0.25, -0.2) is 0 Å². The van der Waals surface area contributed by atoms with Gasteiger partial charge in [-0.3, -0.25) is 9.59 Å². The highest BCUT2D eigenvalue weighted by molar-refractivity contribution is 5.92. The fraction of sp³-hybridized carbons (Fsp3) is 0.273. The smallest absolute Gasteiger partial charge is 0.308 e.